The van der Waals surface area contributed by atoms with E-state index in [4.69, 9.17) is 11.6 Å². The number of guanidine groups is 1. The van der Waals surface area contributed by atoms with Crippen LogP contribution in [0.4, 0.5) is 4.79 Å². The number of allylic oxidation sites excluding steroid dienone is 1. The summed E-state index contributed by atoms with van der Waals surface area (Å²) in [6, 6.07) is 16.0. The average Bonchev–Trinajstić information content (AvgIpc) is 3.13. The predicted molar refractivity (Wildman–Crippen MR) is 128 cm³/mol. The summed E-state index contributed by atoms with van der Waals surface area (Å²) in [4.78, 5) is 32.5. The summed E-state index contributed by atoms with van der Waals surface area (Å²) in [7, 11) is 1.60. The largest absolute Gasteiger partial charge is 0.325 e. The quantitative estimate of drug-likeness (QED) is 0.472. The lowest BCUT2D eigenvalue weighted by molar-refractivity contribution is -0.127. The molecule has 0 saturated carbocycles. The number of hydrogen-bond donors (Lipinski definition) is 2. The van der Waals surface area contributed by atoms with Crippen LogP contribution in [0.2, 0.25) is 5.02 Å². The second-order valence-electron chi connectivity index (χ2n) is 7.25. The molecule has 2 N–H and O–H groups in total. The van der Waals surface area contributed by atoms with Crippen LogP contribution in [0, 0.1) is 0 Å². The van der Waals surface area contributed by atoms with Crippen molar-refractivity contribution in [1.29, 1.82) is 0 Å². The van der Waals surface area contributed by atoms with Gasteiger partial charge in [-0.1, -0.05) is 60.1 Å². The van der Waals surface area contributed by atoms with Gasteiger partial charge in [-0.2, -0.15) is 5.10 Å². The first-order valence-corrected chi connectivity index (χ1v) is 11.0. The minimum absolute atomic E-state index is 0.318. The number of imide groups is 1. The van der Waals surface area contributed by atoms with Crippen molar-refractivity contribution >= 4 is 57.7 Å². The molecule has 2 aliphatic rings. The number of benzene rings is 2. The second kappa shape index (κ2) is 9.54. The molecule has 0 spiro atoms. The zero-order valence-electron chi connectivity index (χ0n) is 17.1. The van der Waals surface area contributed by atoms with Gasteiger partial charge in [0.15, 0.2) is 12.2 Å². The normalized spacial score (nSPS) is 21.0. The fraction of sp³-hybridized carbons (Fsp3) is 0.182. The van der Waals surface area contributed by atoms with Crippen LogP contribution in [-0.2, 0) is 11.3 Å². The molecule has 0 aromatic heterocycles. The number of urea groups is 1. The summed E-state index contributed by atoms with van der Waals surface area (Å²) in [5.41, 5.74) is 4.76. The summed E-state index contributed by atoms with van der Waals surface area (Å²) in [6.45, 7) is 0.318. The van der Waals surface area contributed by atoms with Crippen LogP contribution >= 0.6 is 27.5 Å². The Labute approximate surface area is 198 Å². The molecule has 2 atom stereocenters. The Kier molecular flexibility index (Phi) is 6.57. The monoisotopic (exact) mass is 514 g/mol. The first-order valence-electron chi connectivity index (χ1n) is 9.81. The van der Waals surface area contributed by atoms with E-state index in [1.807, 2.05) is 54.6 Å². The third-order valence-electron chi connectivity index (χ3n) is 5.12. The Morgan fingerprint density at radius 3 is 2.69 bits per heavy atom. The Balaban J connectivity index is 1.57. The average molecular weight is 516 g/mol. The predicted octanol–water partition coefficient (Wildman–Crippen LogP) is 3.40. The maximum atomic E-state index is 12.7. The van der Waals surface area contributed by atoms with Gasteiger partial charge in [0.2, 0.25) is 5.96 Å². The molecule has 10 heteroatoms. The van der Waals surface area contributed by atoms with Gasteiger partial charge in [0.1, 0.15) is 0 Å². The van der Waals surface area contributed by atoms with Crippen molar-refractivity contribution in [1.82, 2.24) is 20.5 Å². The number of nitrogens with zero attached hydrogens (tertiary/aromatic N) is 4. The number of fused-ring (bicyclic) bond motifs is 1. The summed E-state index contributed by atoms with van der Waals surface area (Å²) >= 11 is 9.82. The topological polar surface area (TPSA) is 89.4 Å². The summed E-state index contributed by atoms with van der Waals surface area (Å²) < 4.78 is 0.745. The molecule has 1 saturated heterocycles. The molecule has 1 fully saturated rings. The number of amides is 3. The maximum Gasteiger partial charge on any atom is 0.325 e. The summed E-state index contributed by atoms with van der Waals surface area (Å²) in [6.07, 6.45) is 2.85. The minimum Gasteiger partial charge on any atom is -0.321 e. The number of likely N-dealkylation sites (N-methyl/N-ethyl adjacent to an activating group) is 1. The fourth-order valence-electron chi connectivity index (χ4n) is 3.50. The Morgan fingerprint density at radius 1 is 1.22 bits per heavy atom. The van der Waals surface area contributed by atoms with Crippen LogP contribution in [0.3, 0.4) is 0 Å². The number of rotatable bonds is 5. The zero-order valence-corrected chi connectivity index (χ0v) is 19.4. The first kappa shape index (κ1) is 22.0. The number of hydrogen-bond acceptors (Lipinski definition) is 6. The van der Waals surface area contributed by atoms with Gasteiger partial charge in [-0.3, -0.25) is 10.1 Å². The van der Waals surface area contributed by atoms with Gasteiger partial charge in [-0.25, -0.2) is 15.2 Å². The van der Waals surface area contributed by atoms with E-state index < -0.39 is 24.1 Å². The standard InChI is InChI=1S/C22H20BrClN6O2/c1-29-19-18(20(31)27-22(29)32)30(13-15-9-5-6-10-17(15)24)21(26-19)28-25-12-16(23)11-14-7-3-2-4-8-14/h2-12,18-19H,13H2,1H3,(H,26,28)(H,27,31,32)/b16-11-,25-12+. The highest BCUT2D eigenvalue weighted by Gasteiger charge is 2.48. The van der Waals surface area contributed by atoms with E-state index in [9.17, 15) is 9.59 Å². The smallest absolute Gasteiger partial charge is 0.321 e. The van der Waals surface area contributed by atoms with Crippen LogP contribution < -0.4 is 10.7 Å². The lowest BCUT2D eigenvalue weighted by Gasteiger charge is -2.36. The van der Waals surface area contributed by atoms with Crippen molar-refractivity contribution < 1.29 is 9.59 Å². The minimum atomic E-state index is -0.699. The van der Waals surface area contributed by atoms with Gasteiger partial charge >= 0.3 is 6.03 Å². The Morgan fingerprint density at radius 2 is 1.94 bits per heavy atom. The van der Waals surface area contributed by atoms with Gasteiger partial charge in [-0.05, 0) is 39.2 Å². The lowest BCUT2D eigenvalue weighted by Crippen LogP contribution is -2.63. The summed E-state index contributed by atoms with van der Waals surface area (Å²) in [5, 5.41) is 7.21. The number of halogens is 2. The molecule has 2 aromatic carbocycles. The van der Waals surface area contributed by atoms with E-state index in [-0.39, 0.29) is 0 Å². The Hall–Kier alpha value is -3.17. The molecule has 3 amide bonds. The molecular formula is C22H20BrClN6O2. The molecule has 8 nitrogen and oxygen atoms in total. The third-order valence-corrected chi connectivity index (χ3v) is 5.92. The Bertz CT molecular complexity index is 1120. The van der Waals surface area contributed by atoms with Gasteiger partial charge in [0, 0.05) is 23.1 Å². The van der Waals surface area contributed by atoms with E-state index in [2.05, 4.69) is 36.8 Å². The van der Waals surface area contributed by atoms with Crippen LogP contribution in [0.5, 0.6) is 0 Å². The maximum absolute atomic E-state index is 12.7. The molecule has 0 aliphatic carbocycles. The van der Waals surface area contributed by atoms with E-state index in [0.29, 0.717) is 17.5 Å². The highest BCUT2D eigenvalue weighted by atomic mass is 79.9. The zero-order chi connectivity index (χ0) is 22.7. The van der Waals surface area contributed by atoms with Gasteiger partial charge < -0.3 is 9.80 Å². The molecule has 32 heavy (non-hydrogen) atoms. The molecule has 2 heterocycles. The number of nitrogens with one attached hydrogen (secondary N) is 2. The van der Waals surface area contributed by atoms with E-state index >= 15 is 0 Å². The molecule has 0 bridgehead atoms. The molecule has 164 valence electrons. The SMILES string of the molecule is CN1C(=O)NC(=O)C2C1N=C(N/N=C/C(Br)=C/c1ccccc1)N2Cc1ccccc1Cl. The lowest BCUT2D eigenvalue weighted by atomic mass is 10.1. The number of carbonyl (C=O) groups excluding carboxylic acids is 2. The number of hydrazone groups is 1. The number of aliphatic imine (C=N–C) groups is 1. The molecule has 2 unspecified atom stereocenters. The molecule has 4 rings (SSSR count). The molecule has 0 radical (unpaired) electrons. The van der Waals surface area contributed by atoms with E-state index in [1.54, 1.807) is 24.2 Å². The highest BCUT2D eigenvalue weighted by molar-refractivity contribution is 9.12. The van der Waals surface area contributed by atoms with Gasteiger partial charge in [0.25, 0.3) is 5.91 Å². The van der Waals surface area contributed by atoms with Crippen LogP contribution in [-0.4, -0.2) is 53.2 Å². The van der Waals surface area contributed by atoms with Gasteiger partial charge in [-0.15, -0.1) is 0 Å². The van der Waals surface area contributed by atoms with E-state index in [0.717, 1.165) is 15.6 Å². The van der Waals surface area contributed by atoms with Crippen molar-refractivity contribution in [3.05, 3.63) is 75.2 Å². The van der Waals surface area contributed by atoms with E-state index in [1.165, 1.54) is 4.90 Å². The van der Waals surface area contributed by atoms with Gasteiger partial charge in [0.05, 0.1) is 6.21 Å². The van der Waals surface area contributed by atoms with Crippen LogP contribution in [0.15, 0.2) is 69.2 Å². The molecular weight excluding hydrogens is 496 g/mol. The van der Waals surface area contributed by atoms with Crippen molar-refractivity contribution in [2.45, 2.75) is 18.8 Å². The fourth-order valence-corrected chi connectivity index (χ4v) is 4.06. The van der Waals surface area contributed by atoms with Crippen molar-refractivity contribution in [3.8, 4) is 0 Å². The third kappa shape index (κ3) is 4.68. The first-order chi connectivity index (χ1) is 15.4. The highest BCUT2D eigenvalue weighted by Crippen LogP contribution is 2.27. The second-order valence-corrected chi connectivity index (χ2v) is 8.57. The summed E-state index contributed by atoms with van der Waals surface area (Å²) in [5.74, 6) is -0.0484. The number of carbonyl (C=O) groups is 2. The molecule has 2 aliphatic heterocycles. The van der Waals surface area contributed by atoms with Crippen molar-refractivity contribution in [2.24, 2.45) is 10.1 Å². The van der Waals surface area contributed by atoms with Crippen LogP contribution in [0.1, 0.15) is 11.1 Å². The van der Waals surface area contributed by atoms with Crippen molar-refractivity contribution in [3.63, 3.8) is 0 Å². The van der Waals surface area contributed by atoms with Crippen molar-refractivity contribution in [2.75, 3.05) is 7.05 Å². The van der Waals surface area contributed by atoms with Crippen LogP contribution in [0.25, 0.3) is 6.08 Å². The molecule has 2 aromatic rings.